The number of halogens is 1. The Hall–Kier alpha value is -1.71. The van der Waals surface area contributed by atoms with Crippen LogP contribution in [0.4, 0.5) is 4.39 Å². The lowest BCUT2D eigenvalue weighted by Gasteiger charge is -2.13. The summed E-state index contributed by atoms with van der Waals surface area (Å²) in [6, 6.07) is 14.8. The lowest BCUT2D eigenvalue weighted by molar-refractivity contribution is 0.594. The second-order valence-corrected chi connectivity index (χ2v) is 5.50. The fraction of sp³-hybridized carbons (Fsp3) is 0.125. The van der Waals surface area contributed by atoms with Crippen molar-refractivity contribution in [1.29, 1.82) is 0 Å². The Bertz CT molecular complexity index is 705. The van der Waals surface area contributed by atoms with Crippen LogP contribution in [0.25, 0.3) is 10.1 Å². The molecule has 96 valence electrons. The van der Waals surface area contributed by atoms with Crippen LogP contribution in [0.3, 0.4) is 0 Å². The van der Waals surface area contributed by atoms with Crippen molar-refractivity contribution in [2.45, 2.75) is 12.5 Å². The molecule has 0 bridgehead atoms. The molecule has 0 fully saturated rings. The minimum Gasteiger partial charge on any atom is -0.324 e. The van der Waals surface area contributed by atoms with Crippen LogP contribution >= 0.6 is 11.3 Å². The molecule has 0 aliphatic carbocycles. The molecule has 3 rings (SSSR count). The van der Waals surface area contributed by atoms with Crippen molar-refractivity contribution in [3.8, 4) is 0 Å². The van der Waals surface area contributed by atoms with E-state index in [1.807, 2.05) is 18.2 Å². The number of rotatable bonds is 3. The van der Waals surface area contributed by atoms with Gasteiger partial charge < -0.3 is 5.73 Å². The smallest absolute Gasteiger partial charge is 0.126 e. The number of hydrogen-bond donors (Lipinski definition) is 1. The number of benzene rings is 2. The van der Waals surface area contributed by atoms with Crippen molar-refractivity contribution >= 4 is 21.4 Å². The van der Waals surface area contributed by atoms with Crippen LogP contribution in [0.2, 0.25) is 0 Å². The van der Waals surface area contributed by atoms with E-state index in [0.717, 1.165) is 5.56 Å². The van der Waals surface area contributed by atoms with E-state index in [9.17, 15) is 4.39 Å². The van der Waals surface area contributed by atoms with Gasteiger partial charge in [0, 0.05) is 10.7 Å². The monoisotopic (exact) mass is 271 g/mol. The van der Waals surface area contributed by atoms with Crippen LogP contribution in [0.15, 0.2) is 53.9 Å². The minimum absolute atomic E-state index is 0.181. The van der Waals surface area contributed by atoms with Gasteiger partial charge in [-0.2, -0.15) is 0 Å². The van der Waals surface area contributed by atoms with Crippen LogP contribution in [-0.2, 0) is 6.42 Å². The molecule has 3 heteroatoms. The molecule has 0 aliphatic rings. The van der Waals surface area contributed by atoms with Crippen molar-refractivity contribution in [3.63, 3.8) is 0 Å². The van der Waals surface area contributed by atoms with Crippen molar-refractivity contribution in [2.24, 2.45) is 5.73 Å². The third kappa shape index (κ3) is 2.39. The summed E-state index contributed by atoms with van der Waals surface area (Å²) >= 11 is 1.68. The molecule has 1 heterocycles. The summed E-state index contributed by atoms with van der Waals surface area (Å²) in [5, 5.41) is 3.26. The molecule has 1 aromatic heterocycles. The van der Waals surface area contributed by atoms with E-state index in [1.54, 1.807) is 23.5 Å². The van der Waals surface area contributed by atoms with Gasteiger partial charge in [-0.05, 0) is 40.4 Å². The molecule has 0 saturated carbocycles. The predicted octanol–water partition coefficient (Wildman–Crippen LogP) is 4.28. The summed E-state index contributed by atoms with van der Waals surface area (Å²) in [7, 11) is 0. The van der Waals surface area contributed by atoms with E-state index in [0.29, 0.717) is 12.0 Å². The normalized spacial score (nSPS) is 12.7. The van der Waals surface area contributed by atoms with E-state index in [4.69, 9.17) is 5.73 Å². The molecule has 0 aliphatic heterocycles. The molecular weight excluding hydrogens is 257 g/mol. The second-order valence-electron chi connectivity index (χ2n) is 4.59. The predicted molar refractivity (Wildman–Crippen MR) is 78.9 cm³/mol. The van der Waals surface area contributed by atoms with E-state index in [1.165, 1.54) is 16.2 Å². The summed E-state index contributed by atoms with van der Waals surface area (Å²) < 4.78 is 14.9. The lowest BCUT2D eigenvalue weighted by atomic mass is 9.98. The summed E-state index contributed by atoms with van der Waals surface area (Å²) in [5.74, 6) is -0.184. The number of thiophene rings is 1. The van der Waals surface area contributed by atoms with Gasteiger partial charge in [0.1, 0.15) is 5.82 Å². The highest BCUT2D eigenvalue weighted by atomic mass is 32.1. The Labute approximate surface area is 115 Å². The third-order valence-corrected chi connectivity index (χ3v) is 4.29. The third-order valence-electron chi connectivity index (χ3n) is 3.31. The van der Waals surface area contributed by atoms with Crippen molar-refractivity contribution in [3.05, 3.63) is 70.9 Å². The summed E-state index contributed by atoms with van der Waals surface area (Å²) in [6.45, 7) is 0. The van der Waals surface area contributed by atoms with Crippen molar-refractivity contribution in [2.75, 3.05) is 0 Å². The topological polar surface area (TPSA) is 26.0 Å². The quantitative estimate of drug-likeness (QED) is 0.756. The summed E-state index contributed by atoms with van der Waals surface area (Å²) in [5.41, 5.74) is 8.02. The zero-order valence-corrected chi connectivity index (χ0v) is 11.2. The van der Waals surface area contributed by atoms with E-state index >= 15 is 0 Å². The molecule has 1 unspecified atom stereocenters. The molecule has 3 aromatic rings. The second kappa shape index (κ2) is 5.11. The van der Waals surface area contributed by atoms with Crippen molar-refractivity contribution < 1.29 is 4.39 Å². The lowest BCUT2D eigenvalue weighted by Crippen LogP contribution is -2.14. The number of fused-ring (bicyclic) bond motifs is 1. The summed E-state index contributed by atoms with van der Waals surface area (Å²) in [4.78, 5) is 0. The number of nitrogens with two attached hydrogens (primary N) is 1. The Morgan fingerprint density at radius 2 is 1.89 bits per heavy atom. The average Bonchev–Trinajstić information content (AvgIpc) is 2.89. The molecule has 0 amide bonds. The highest BCUT2D eigenvalue weighted by Crippen LogP contribution is 2.29. The van der Waals surface area contributed by atoms with Gasteiger partial charge in [0.25, 0.3) is 0 Å². The SMILES string of the molecule is NC(Cc1ccccc1F)c1cccc2ccsc12. The molecule has 1 atom stereocenters. The van der Waals surface area contributed by atoms with E-state index < -0.39 is 0 Å². The first-order valence-corrected chi connectivity index (χ1v) is 7.09. The molecule has 0 saturated heterocycles. The minimum atomic E-state index is -0.184. The van der Waals surface area contributed by atoms with Gasteiger partial charge in [0.2, 0.25) is 0 Å². The average molecular weight is 271 g/mol. The van der Waals surface area contributed by atoms with Gasteiger partial charge in [0.15, 0.2) is 0 Å². The van der Waals surface area contributed by atoms with Gasteiger partial charge in [-0.15, -0.1) is 11.3 Å². The van der Waals surface area contributed by atoms with Gasteiger partial charge in [-0.1, -0.05) is 36.4 Å². The Kier molecular flexibility index (Phi) is 3.32. The maximum atomic E-state index is 13.7. The highest BCUT2D eigenvalue weighted by Gasteiger charge is 2.13. The van der Waals surface area contributed by atoms with Gasteiger partial charge >= 0.3 is 0 Å². The Morgan fingerprint density at radius 1 is 1.05 bits per heavy atom. The van der Waals surface area contributed by atoms with Crippen LogP contribution in [-0.4, -0.2) is 0 Å². The first kappa shape index (κ1) is 12.3. The maximum absolute atomic E-state index is 13.7. The molecule has 19 heavy (non-hydrogen) atoms. The molecule has 0 radical (unpaired) electrons. The first-order chi connectivity index (χ1) is 9.25. The van der Waals surface area contributed by atoms with Crippen LogP contribution in [0, 0.1) is 5.82 Å². The van der Waals surface area contributed by atoms with Crippen LogP contribution < -0.4 is 5.73 Å². The first-order valence-electron chi connectivity index (χ1n) is 6.21. The van der Waals surface area contributed by atoms with E-state index in [2.05, 4.69) is 17.5 Å². The number of hydrogen-bond acceptors (Lipinski definition) is 2. The Balaban J connectivity index is 1.94. The summed E-state index contributed by atoms with van der Waals surface area (Å²) in [6.07, 6.45) is 0.518. The molecular formula is C16H14FNS. The van der Waals surface area contributed by atoms with Crippen molar-refractivity contribution in [1.82, 2.24) is 0 Å². The van der Waals surface area contributed by atoms with Crippen LogP contribution in [0.1, 0.15) is 17.2 Å². The van der Waals surface area contributed by atoms with Crippen LogP contribution in [0.5, 0.6) is 0 Å². The van der Waals surface area contributed by atoms with Gasteiger partial charge in [-0.3, -0.25) is 0 Å². The van der Waals surface area contributed by atoms with E-state index in [-0.39, 0.29) is 11.9 Å². The molecule has 0 spiro atoms. The van der Waals surface area contributed by atoms with Gasteiger partial charge in [-0.25, -0.2) is 4.39 Å². The molecule has 1 nitrogen and oxygen atoms in total. The zero-order chi connectivity index (χ0) is 13.2. The highest BCUT2D eigenvalue weighted by molar-refractivity contribution is 7.17. The zero-order valence-electron chi connectivity index (χ0n) is 10.3. The largest absolute Gasteiger partial charge is 0.324 e. The fourth-order valence-electron chi connectivity index (χ4n) is 2.32. The molecule has 2 aromatic carbocycles. The standard InChI is InChI=1S/C16H14FNS/c17-14-7-2-1-4-12(14)10-15(18)13-6-3-5-11-8-9-19-16(11)13/h1-9,15H,10,18H2. The Morgan fingerprint density at radius 3 is 2.74 bits per heavy atom. The van der Waals surface area contributed by atoms with Gasteiger partial charge in [0.05, 0.1) is 0 Å². The maximum Gasteiger partial charge on any atom is 0.126 e. The molecule has 2 N–H and O–H groups in total. The fourth-order valence-corrected chi connectivity index (χ4v) is 3.30.